The average molecular weight is 271 g/mol. The Labute approximate surface area is 110 Å². The fraction of sp³-hybridized carbons (Fsp3) is 0.538. The summed E-state index contributed by atoms with van der Waals surface area (Å²) in [6, 6.07) is 11.0. The molecule has 1 aromatic carbocycles. The summed E-state index contributed by atoms with van der Waals surface area (Å²) >= 11 is 6.58. The molecule has 0 aromatic heterocycles. The summed E-state index contributed by atoms with van der Waals surface area (Å²) in [7, 11) is 1.41. The van der Waals surface area contributed by atoms with Crippen molar-refractivity contribution in [2.75, 3.05) is 18.3 Å². The molecule has 1 unspecified atom stereocenters. The third-order valence-corrected chi connectivity index (χ3v) is 6.17. The summed E-state index contributed by atoms with van der Waals surface area (Å²) in [4.78, 5) is 0. The van der Waals surface area contributed by atoms with E-state index >= 15 is 0 Å². The second-order valence-electron chi connectivity index (χ2n) is 5.61. The van der Waals surface area contributed by atoms with E-state index in [1.807, 2.05) is 6.07 Å². The summed E-state index contributed by atoms with van der Waals surface area (Å²) in [5.41, 5.74) is 1.49. The molecule has 1 saturated heterocycles. The van der Waals surface area contributed by atoms with Gasteiger partial charge in [0.1, 0.15) is 0 Å². The standard InChI is InChI=1S/C13H20ClN2P/c1-13(2,3)12-10-16(17(14)15(12)4)11-8-6-5-7-9-11/h5-9,12H,10H2,1-4H3/t12-,17?/m1/s1. The zero-order valence-electron chi connectivity index (χ0n) is 10.9. The molecule has 2 atom stereocenters. The van der Waals surface area contributed by atoms with E-state index in [-0.39, 0.29) is 5.41 Å². The van der Waals surface area contributed by atoms with Crippen LogP contribution in [0.1, 0.15) is 20.8 Å². The topological polar surface area (TPSA) is 6.48 Å². The number of hydrogen-bond acceptors (Lipinski definition) is 2. The van der Waals surface area contributed by atoms with Gasteiger partial charge in [-0.05, 0) is 24.6 Å². The molecular weight excluding hydrogens is 251 g/mol. The summed E-state index contributed by atoms with van der Waals surface area (Å²) in [5.74, 6) is 0. The Balaban J connectivity index is 2.23. The van der Waals surface area contributed by atoms with Gasteiger partial charge in [-0.1, -0.05) is 50.2 Å². The largest absolute Gasteiger partial charge is 0.324 e. The van der Waals surface area contributed by atoms with Gasteiger partial charge in [0, 0.05) is 18.3 Å². The molecule has 94 valence electrons. The van der Waals surface area contributed by atoms with E-state index in [0.29, 0.717) is 6.04 Å². The molecule has 0 saturated carbocycles. The number of halogens is 1. The van der Waals surface area contributed by atoms with Gasteiger partial charge in [-0.25, -0.2) is 0 Å². The van der Waals surface area contributed by atoms with E-state index in [1.54, 1.807) is 0 Å². The van der Waals surface area contributed by atoms with Crippen LogP contribution in [-0.4, -0.2) is 24.3 Å². The minimum Gasteiger partial charge on any atom is -0.324 e. The molecule has 17 heavy (non-hydrogen) atoms. The highest BCUT2D eigenvalue weighted by molar-refractivity contribution is 7.83. The molecule has 0 radical (unpaired) electrons. The van der Waals surface area contributed by atoms with Gasteiger partial charge >= 0.3 is 0 Å². The van der Waals surface area contributed by atoms with Crippen molar-refractivity contribution in [3.63, 3.8) is 0 Å². The molecule has 0 spiro atoms. The van der Waals surface area contributed by atoms with Crippen LogP contribution >= 0.6 is 18.8 Å². The minimum atomic E-state index is -0.731. The van der Waals surface area contributed by atoms with Crippen LogP contribution in [0.5, 0.6) is 0 Å². The van der Waals surface area contributed by atoms with E-state index in [4.69, 9.17) is 11.2 Å². The van der Waals surface area contributed by atoms with Crippen molar-refractivity contribution in [2.24, 2.45) is 5.41 Å². The molecule has 4 heteroatoms. The lowest BCUT2D eigenvalue weighted by molar-refractivity contribution is 0.229. The molecule has 1 fully saturated rings. The Bertz CT molecular complexity index is 377. The molecule has 0 bridgehead atoms. The molecule has 1 aliphatic heterocycles. The van der Waals surface area contributed by atoms with Gasteiger partial charge in [-0.2, -0.15) is 0 Å². The first kappa shape index (κ1) is 13.1. The highest BCUT2D eigenvalue weighted by Gasteiger charge is 2.42. The first-order valence-electron chi connectivity index (χ1n) is 5.92. The number of likely N-dealkylation sites (N-methyl/N-ethyl adjacent to an activating group) is 1. The van der Waals surface area contributed by atoms with Crippen LogP contribution in [0.4, 0.5) is 5.69 Å². The quantitative estimate of drug-likeness (QED) is 0.701. The van der Waals surface area contributed by atoms with Crippen molar-refractivity contribution < 1.29 is 0 Å². The maximum Gasteiger partial charge on any atom is 0.168 e. The molecule has 2 rings (SSSR count). The van der Waals surface area contributed by atoms with Crippen LogP contribution in [0.2, 0.25) is 0 Å². The first-order valence-corrected chi connectivity index (χ1v) is 8.07. The molecule has 0 amide bonds. The van der Waals surface area contributed by atoms with Gasteiger partial charge in [0.15, 0.2) is 7.58 Å². The number of rotatable bonds is 1. The zero-order chi connectivity index (χ0) is 12.6. The monoisotopic (exact) mass is 270 g/mol. The van der Waals surface area contributed by atoms with Crippen LogP contribution < -0.4 is 4.67 Å². The fourth-order valence-electron chi connectivity index (χ4n) is 2.27. The predicted octanol–water partition coefficient (Wildman–Crippen LogP) is 4.32. The lowest BCUT2D eigenvalue weighted by Crippen LogP contribution is -2.37. The minimum absolute atomic E-state index is 0.258. The van der Waals surface area contributed by atoms with E-state index in [9.17, 15) is 0 Å². The van der Waals surface area contributed by atoms with Gasteiger partial charge in [0.2, 0.25) is 0 Å². The van der Waals surface area contributed by atoms with Crippen LogP contribution in [0.25, 0.3) is 0 Å². The maximum absolute atomic E-state index is 6.58. The maximum atomic E-state index is 6.58. The van der Waals surface area contributed by atoms with Gasteiger partial charge in [-0.15, -0.1) is 0 Å². The Morgan fingerprint density at radius 2 is 1.82 bits per heavy atom. The van der Waals surface area contributed by atoms with E-state index in [0.717, 1.165) is 6.54 Å². The van der Waals surface area contributed by atoms with Crippen molar-refractivity contribution in [1.82, 2.24) is 4.67 Å². The number of benzene rings is 1. The van der Waals surface area contributed by atoms with E-state index in [2.05, 4.69) is 61.4 Å². The molecule has 0 N–H and O–H groups in total. The van der Waals surface area contributed by atoms with Crippen LogP contribution in [0.15, 0.2) is 30.3 Å². The van der Waals surface area contributed by atoms with Crippen molar-refractivity contribution in [2.45, 2.75) is 26.8 Å². The van der Waals surface area contributed by atoms with Gasteiger partial charge < -0.3 is 4.67 Å². The van der Waals surface area contributed by atoms with Gasteiger partial charge in [0.25, 0.3) is 0 Å². The van der Waals surface area contributed by atoms with E-state index < -0.39 is 7.58 Å². The molecule has 1 aliphatic rings. The normalized spacial score (nSPS) is 26.5. The third-order valence-electron chi connectivity index (χ3n) is 3.31. The highest BCUT2D eigenvalue weighted by Crippen LogP contribution is 2.58. The lowest BCUT2D eigenvalue weighted by Gasteiger charge is -2.31. The fourth-order valence-corrected chi connectivity index (χ4v) is 4.64. The summed E-state index contributed by atoms with van der Waals surface area (Å²) in [6.45, 7) is 7.85. The number of anilines is 1. The Morgan fingerprint density at radius 1 is 1.24 bits per heavy atom. The lowest BCUT2D eigenvalue weighted by atomic mass is 9.87. The molecular formula is C13H20ClN2P. The smallest absolute Gasteiger partial charge is 0.168 e. The van der Waals surface area contributed by atoms with Crippen LogP contribution in [0, 0.1) is 5.41 Å². The number of hydrogen-bond donors (Lipinski definition) is 0. The van der Waals surface area contributed by atoms with Crippen LogP contribution in [-0.2, 0) is 0 Å². The molecule has 1 aromatic rings. The third kappa shape index (κ3) is 2.59. The molecule has 0 aliphatic carbocycles. The predicted molar refractivity (Wildman–Crippen MR) is 77.6 cm³/mol. The summed E-state index contributed by atoms with van der Waals surface area (Å²) in [6.07, 6.45) is 0. The Morgan fingerprint density at radius 3 is 2.29 bits per heavy atom. The number of nitrogens with zero attached hydrogens (tertiary/aromatic N) is 2. The average Bonchev–Trinajstić information content (AvgIpc) is 2.57. The van der Waals surface area contributed by atoms with Crippen molar-refractivity contribution in [1.29, 1.82) is 0 Å². The van der Waals surface area contributed by atoms with Gasteiger partial charge in [-0.3, -0.25) is 4.67 Å². The second kappa shape index (κ2) is 4.76. The van der Waals surface area contributed by atoms with E-state index in [1.165, 1.54) is 5.69 Å². The second-order valence-corrected chi connectivity index (χ2v) is 8.12. The first-order chi connectivity index (χ1) is 7.91. The highest BCUT2D eigenvalue weighted by atomic mass is 35.7. The summed E-state index contributed by atoms with van der Waals surface area (Å²) < 4.78 is 4.65. The van der Waals surface area contributed by atoms with Crippen molar-refractivity contribution in [3.8, 4) is 0 Å². The van der Waals surface area contributed by atoms with Gasteiger partial charge in [0.05, 0.1) is 0 Å². The number of para-hydroxylation sites is 1. The Kier molecular flexibility index (Phi) is 3.68. The SMILES string of the molecule is CN1[C@@H](C(C)(C)C)CN(c2ccccc2)P1Cl. The zero-order valence-corrected chi connectivity index (χ0v) is 12.5. The molecule has 1 heterocycles. The van der Waals surface area contributed by atoms with Crippen molar-refractivity contribution in [3.05, 3.63) is 30.3 Å². The molecule has 2 nitrogen and oxygen atoms in total. The summed E-state index contributed by atoms with van der Waals surface area (Å²) in [5, 5.41) is 0. The Hall–Kier alpha value is -0.300. The van der Waals surface area contributed by atoms with Crippen LogP contribution in [0.3, 0.4) is 0 Å². The van der Waals surface area contributed by atoms with Crippen molar-refractivity contribution >= 4 is 24.5 Å².